The van der Waals surface area contributed by atoms with Crippen LogP contribution in [-0.4, -0.2) is 20.2 Å². The minimum absolute atomic E-state index is 0.145. The third-order valence-electron chi connectivity index (χ3n) is 2.77. The van der Waals surface area contributed by atoms with Crippen LogP contribution in [0.2, 0.25) is 0 Å². The fraction of sp³-hybridized carbons (Fsp3) is 0.538. The van der Waals surface area contributed by atoms with Gasteiger partial charge in [0.1, 0.15) is 0 Å². The quantitative estimate of drug-likeness (QED) is 0.326. The molecule has 1 rings (SSSR count). The predicted molar refractivity (Wildman–Crippen MR) is 81.6 cm³/mol. The average molecular weight is 341 g/mol. The summed E-state index contributed by atoms with van der Waals surface area (Å²) in [6.07, 6.45) is 1.41. The number of hydrogen-bond acceptors (Lipinski definition) is 4. The number of rotatable bonds is 7. The molecule has 0 saturated carbocycles. The van der Waals surface area contributed by atoms with E-state index in [1.165, 1.54) is 6.07 Å². The van der Waals surface area contributed by atoms with Crippen LogP contribution < -0.4 is 9.64 Å². The molecule has 0 fully saturated rings. The van der Waals surface area contributed by atoms with Crippen LogP contribution in [0.25, 0.3) is 0 Å². The number of hydrogen-bond donors (Lipinski definition) is 0. The second-order valence-corrected chi connectivity index (χ2v) is 6.69. The molecule has 22 heavy (non-hydrogen) atoms. The topological polar surface area (TPSA) is 37.2 Å². The first kappa shape index (κ1) is 18.6. The average Bonchev–Trinajstić information content (AvgIpc) is 2.35. The van der Waals surface area contributed by atoms with Gasteiger partial charge in [-0.25, -0.2) is 0 Å². The van der Waals surface area contributed by atoms with E-state index in [1.807, 2.05) is 11.8 Å². The molecule has 0 bridgehead atoms. The van der Waals surface area contributed by atoms with Crippen LogP contribution in [0.3, 0.4) is 0 Å². The Morgan fingerprint density at radius 3 is 2.36 bits per heavy atom. The molecule has 1 atom stereocenters. The van der Waals surface area contributed by atoms with Crippen molar-refractivity contribution in [3.8, 4) is 5.75 Å². The Morgan fingerprint density at radius 2 is 1.86 bits per heavy atom. The van der Waals surface area contributed by atoms with Crippen molar-refractivity contribution in [2.24, 2.45) is 10.00 Å². The van der Waals surface area contributed by atoms with Gasteiger partial charge in [-0.2, -0.15) is 0 Å². The maximum atomic E-state index is 12.3. The van der Waals surface area contributed by atoms with E-state index >= 15 is 0 Å². The van der Waals surface area contributed by atoms with Gasteiger partial charge in [0.15, 0.2) is 0 Å². The molecule has 0 heterocycles. The number of nitrogens with zero attached hydrogens (tertiary/aromatic N) is 3. The number of ether oxygens (including phenoxy) is 1. The summed E-state index contributed by atoms with van der Waals surface area (Å²) in [4.78, 5) is 3.71. The summed E-state index contributed by atoms with van der Waals surface area (Å²) in [5.41, 5.74) is 0.587. The van der Waals surface area contributed by atoms with Crippen molar-refractivity contribution in [2.75, 3.05) is 19.0 Å². The molecule has 0 radical (unpaired) electrons. The maximum absolute atomic E-state index is 12.3. The van der Waals surface area contributed by atoms with Crippen molar-refractivity contribution in [3.05, 3.63) is 18.2 Å². The second-order valence-electron chi connectivity index (χ2n) is 5.14. The summed E-state index contributed by atoms with van der Waals surface area (Å²) < 4.78 is 54.8. The Hall–Kier alpha value is -1.43. The van der Waals surface area contributed by atoms with Gasteiger partial charge in [0, 0.05) is 0 Å². The van der Waals surface area contributed by atoms with Crippen LogP contribution in [0.5, 0.6) is 5.75 Å². The zero-order chi connectivity index (χ0) is 17.0. The zero-order valence-electron chi connectivity index (χ0n) is 12.9. The zero-order valence-corrected chi connectivity index (χ0v) is 13.8. The summed E-state index contributed by atoms with van der Waals surface area (Å²) in [6, 6.07) is 4.45. The van der Waals surface area contributed by atoms with Crippen molar-refractivity contribution in [1.82, 2.24) is 0 Å². The fourth-order valence-corrected chi connectivity index (χ4v) is 1.99. The van der Waals surface area contributed by atoms with Crippen molar-refractivity contribution < 1.29 is 21.5 Å². The van der Waals surface area contributed by atoms with Gasteiger partial charge < -0.3 is 0 Å². The Bertz CT molecular complexity index is 537. The molecule has 1 unspecified atom stereocenters. The van der Waals surface area contributed by atoms with Crippen LogP contribution in [0, 0.1) is 0 Å². The Kier molecular flexibility index (Phi) is 5.73. The summed E-state index contributed by atoms with van der Waals surface area (Å²) in [7, 11) is -4.45. The molecule has 9 heteroatoms. The summed E-state index contributed by atoms with van der Waals surface area (Å²) in [5, 5.41) is 3.00. The molecule has 126 valence electrons. The van der Waals surface area contributed by atoms with E-state index in [2.05, 4.69) is 5.11 Å². The fourth-order valence-electron chi connectivity index (χ4n) is 1.76. The molecule has 4 nitrogen and oxygen atoms in total. The van der Waals surface area contributed by atoms with E-state index in [1.54, 1.807) is 38.1 Å². The Balaban J connectivity index is 3.15. The van der Waals surface area contributed by atoms with Gasteiger partial charge in [-0.1, -0.05) is 0 Å². The van der Waals surface area contributed by atoms with Gasteiger partial charge in [0.2, 0.25) is 0 Å². The molecule has 0 amide bonds. The normalized spacial score (nSPS) is 15.4. The molecule has 0 spiro atoms. The van der Waals surface area contributed by atoms with Crippen molar-refractivity contribution in [1.29, 1.82) is 0 Å². The van der Waals surface area contributed by atoms with Gasteiger partial charge in [0.25, 0.3) is 0 Å². The van der Waals surface area contributed by atoms with Gasteiger partial charge in [-0.05, 0) is 0 Å². The first-order chi connectivity index (χ1) is 9.98. The van der Waals surface area contributed by atoms with E-state index in [-0.39, 0.29) is 17.5 Å². The SMILES string of the molecule is CCCC(C)Oc1cc(N(C)C)ccc1N=NP(F)(F)(F)F. The molecule has 1 aromatic carbocycles. The molecule has 0 aliphatic rings. The van der Waals surface area contributed by atoms with Gasteiger partial charge >= 0.3 is 127 Å². The van der Waals surface area contributed by atoms with Crippen molar-refractivity contribution in [2.45, 2.75) is 32.8 Å². The standard InChI is InChI=1S/C13H20F4N3OP/c1-5-6-10(2)21-13-9-11(20(3)4)7-8-12(13)18-19-22(14,15,16)17/h7-10H,5-6H2,1-4H3. The first-order valence-electron chi connectivity index (χ1n) is 6.79. The van der Waals surface area contributed by atoms with Gasteiger partial charge in [-0.15, -0.1) is 0 Å². The summed E-state index contributed by atoms with van der Waals surface area (Å²) in [5.74, 6) is 0.149. The first-order valence-corrected chi connectivity index (χ1v) is 8.54. The molecule has 0 saturated heterocycles. The van der Waals surface area contributed by atoms with Crippen LogP contribution in [0.1, 0.15) is 26.7 Å². The molecule has 0 aliphatic heterocycles. The third kappa shape index (κ3) is 6.56. The van der Waals surface area contributed by atoms with E-state index in [4.69, 9.17) is 4.74 Å². The van der Waals surface area contributed by atoms with Crippen molar-refractivity contribution >= 4 is 19.4 Å². The predicted octanol–water partition coefficient (Wildman–Crippen LogP) is 6.41. The van der Waals surface area contributed by atoms with E-state index in [0.717, 1.165) is 18.5 Å². The molecule has 0 aromatic heterocycles. The number of anilines is 1. The van der Waals surface area contributed by atoms with E-state index in [9.17, 15) is 16.8 Å². The van der Waals surface area contributed by atoms with Crippen LogP contribution in [0.15, 0.2) is 28.2 Å². The minimum atomic E-state index is -8.02. The molecular formula is C13H20F4N3OP. The Morgan fingerprint density at radius 1 is 1.23 bits per heavy atom. The van der Waals surface area contributed by atoms with Crippen LogP contribution >= 0.6 is 8.00 Å². The number of benzene rings is 1. The Labute approximate surface area is 127 Å². The van der Waals surface area contributed by atoms with E-state index < -0.39 is 8.00 Å². The van der Waals surface area contributed by atoms with E-state index in [0.29, 0.717) is 0 Å². The second kappa shape index (κ2) is 6.77. The molecular weight excluding hydrogens is 321 g/mol. The van der Waals surface area contributed by atoms with Crippen molar-refractivity contribution in [3.63, 3.8) is 0 Å². The van der Waals surface area contributed by atoms with Gasteiger partial charge in [-0.3, -0.25) is 0 Å². The van der Waals surface area contributed by atoms with Gasteiger partial charge in [0.05, 0.1) is 0 Å². The monoisotopic (exact) mass is 341 g/mol. The molecule has 0 aliphatic carbocycles. The molecule has 1 aromatic rings. The molecule has 0 N–H and O–H groups in total. The third-order valence-corrected chi connectivity index (χ3v) is 3.13. The van der Waals surface area contributed by atoms with Crippen LogP contribution in [0.4, 0.5) is 28.2 Å². The van der Waals surface area contributed by atoms with Crippen LogP contribution in [-0.2, 0) is 0 Å². The number of halogens is 4. The summed E-state index contributed by atoms with van der Waals surface area (Å²) >= 11 is 0. The summed E-state index contributed by atoms with van der Waals surface area (Å²) in [6.45, 7) is 3.78.